The molecule has 1 N–H and O–H groups in total. The SMILES string of the molecule is O=C(COC(=O)COc1cc(Cl)c(Cl)cc1Cl)Nc1ccc(S(=O)(=O)N2CCOCC2)cc1. The molecule has 2 aromatic rings. The molecule has 178 valence electrons. The molecule has 33 heavy (non-hydrogen) atoms. The Morgan fingerprint density at radius 3 is 2.27 bits per heavy atom. The van der Waals surface area contributed by atoms with Gasteiger partial charge in [-0.1, -0.05) is 34.8 Å². The molecule has 1 fully saturated rings. The summed E-state index contributed by atoms with van der Waals surface area (Å²) in [4.78, 5) is 24.0. The largest absolute Gasteiger partial charge is 0.480 e. The normalized spacial score (nSPS) is 14.5. The Kier molecular flexibility index (Phi) is 8.80. The molecule has 0 atom stereocenters. The second kappa shape index (κ2) is 11.4. The van der Waals surface area contributed by atoms with E-state index in [1.54, 1.807) is 0 Å². The van der Waals surface area contributed by atoms with Gasteiger partial charge in [-0.05, 0) is 30.3 Å². The van der Waals surface area contributed by atoms with E-state index in [2.05, 4.69) is 5.32 Å². The van der Waals surface area contributed by atoms with Crippen LogP contribution in [0.3, 0.4) is 0 Å². The maximum Gasteiger partial charge on any atom is 0.344 e. The number of hydrogen-bond donors (Lipinski definition) is 1. The molecular formula is C20H19Cl3N2O7S. The Morgan fingerprint density at radius 2 is 1.61 bits per heavy atom. The molecule has 0 unspecified atom stereocenters. The van der Waals surface area contributed by atoms with E-state index in [4.69, 9.17) is 49.0 Å². The van der Waals surface area contributed by atoms with E-state index in [1.165, 1.54) is 40.7 Å². The summed E-state index contributed by atoms with van der Waals surface area (Å²) in [7, 11) is -3.63. The van der Waals surface area contributed by atoms with Gasteiger partial charge in [0.25, 0.3) is 5.91 Å². The van der Waals surface area contributed by atoms with Gasteiger partial charge in [0.05, 0.1) is 33.2 Å². The highest BCUT2D eigenvalue weighted by Gasteiger charge is 2.26. The predicted octanol–water partition coefficient (Wildman–Crippen LogP) is 3.23. The Hall–Kier alpha value is -2.08. The predicted molar refractivity (Wildman–Crippen MR) is 123 cm³/mol. The topological polar surface area (TPSA) is 111 Å². The van der Waals surface area contributed by atoms with E-state index in [0.717, 1.165) is 0 Å². The number of benzene rings is 2. The third kappa shape index (κ3) is 6.95. The highest BCUT2D eigenvalue weighted by Crippen LogP contribution is 2.33. The van der Waals surface area contributed by atoms with Crippen molar-refractivity contribution in [1.82, 2.24) is 4.31 Å². The van der Waals surface area contributed by atoms with Crippen molar-refractivity contribution in [3.8, 4) is 5.75 Å². The van der Waals surface area contributed by atoms with Crippen LogP contribution in [0.5, 0.6) is 5.75 Å². The molecule has 1 aliphatic heterocycles. The number of amides is 1. The first-order chi connectivity index (χ1) is 15.7. The van der Waals surface area contributed by atoms with Crippen LogP contribution in [0.4, 0.5) is 5.69 Å². The molecule has 1 amide bonds. The van der Waals surface area contributed by atoms with Crippen molar-refractivity contribution < 1.29 is 32.2 Å². The number of nitrogens with zero attached hydrogens (tertiary/aromatic N) is 1. The monoisotopic (exact) mass is 536 g/mol. The van der Waals surface area contributed by atoms with Crippen molar-refractivity contribution in [2.75, 3.05) is 44.8 Å². The molecule has 0 radical (unpaired) electrons. The Morgan fingerprint density at radius 1 is 0.970 bits per heavy atom. The fourth-order valence-electron chi connectivity index (χ4n) is 2.78. The van der Waals surface area contributed by atoms with Gasteiger partial charge in [-0.15, -0.1) is 0 Å². The van der Waals surface area contributed by atoms with Gasteiger partial charge in [0.15, 0.2) is 13.2 Å². The van der Waals surface area contributed by atoms with Crippen LogP contribution >= 0.6 is 34.8 Å². The van der Waals surface area contributed by atoms with E-state index in [9.17, 15) is 18.0 Å². The summed E-state index contributed by atoms with van der Waals surface area (Å²) in [6, 6.07) is 8.40. The van der Waals surface area contributed by atoms with Crippen molar-refractivity contribution in [3.63, 3.8) is 0 Å². The number of carbonyl (C=O) groups excluding carboxylic acids is 2. The summed E-state index contributed by atoms with van der Waals surface area (Å²) in [6.45, 7) is 0.194. The summed E-state index contributed by atoms with van der Waals surface area (Å²) in [5, 5.41) is 3.11. The van der Waals surface area contributed by atoms with Crippen LogP contribution in [0.25, 0.3) is 0 Å². The number of hydrogen-bond acceptors (Lipinski definition) is 7. The molecule has 1 heterocycles. The highest BCUT2D eigenvalue weighted by molar-refractivity contribution is 7.89. The number of halogens is 3. The molecule has 2 aromatic carbocycles. The number of nitrogens with one attached hydrogen (secondary N) is 1. The van der Waals surface area contributed by atoms with Gasteiger partial charge >= 0.3 is 5.97 Å². The Balaban J connectivity index is 1.46. The minimum Gasteiger partial charge on any atom is -0.480 e. The summed E-state index contributed by atoms with van der Waals surface area (Å²) < 4.78 is 41.8. The Bertz CT molecular complexity index is 1120. The molecule has 0 aliphatic carbocycles. The zero-order chi connectivity index (χ0) is 24.0. The van der Waals surface area contributed by atoms with Crippen molar-refractivity contribution in [2.24, 2.45) is 0 Å². The summed E-state index contributed by atoms with van der Waals surface area (Å²) >= 11 is 17.7. The number of esters is 1. The number of anilines is 1. The zero-order valence-electron chi connectivity index (χ0n) is 17.1. The molecular weight excluding hydrogens is 519 g/mol. The number of rotatable bonds is 8. The van der Waals surface area contributed by atoms with Crippen molar-refractivity contribution >= 4 is 62.4 Å². The molecule has 1 saturated heterocycles. The fourth-order valence-corrected chi connectivity index (χ4v) is 4.78. The van der Waals surface area contributed by atoms with Gasteiger partial charge in [-0.3, -0.25) is 4.79 Å². The number of carbonyl (C=O) groups is 2. The molecule has 0 spiro atoms. The number of sulfonamides is 1. The lowest BCUT2D eigenvalue weighted by Gasteiger charge is -2.26. The van der Waals surface area contributed by atoms with E-state index in [0.29, 0.717) is 18.9 Å². The van der Waals surface area contributed by atoms with Gasteiger partial charge < -0.3 is 19.5 Å². The van der Waals surface area contributed by atoms with E-state index in [1.807, 2.05) is 0 Å². The molecule has 0 bridgehead atoms. The second-order valence-corrected chi connectivity index (χ2v) is 9.89. The van der Waals surface area contributed by atoms with Crippen molar-refractivity contribution in [2.45, 2.75) is 4.90 Å². The van der Waals surface area contributed by atoms with E-state index in [-0.39, 0.29) is 38.8 Å². The summed E-state index contributed by atoms with van der Waals surface area (Å²) in [5.74, 6) is -1.28. The van der Waals surface area contributed by atoms with Crippen LogP contribution < -0.4 is 10.1 Å². The van der Waals surface area contributed by atoms with Gasteiger partial charge in [-0.2, -0.15) is 4.31 Å². The first-order valence-electron chi connectivity index (χ1n) is 9.57. The van der Waals surface area contributed by atoms with Crippen LogP contribution in [0.15, 0.2) is 41.3 Å². The smallest absolute Gasteiger partial charge is 0.344 e. The Labute approximate surface area is 205 Å². The van der Waals surface area contributed by atoms with E-state index < -0.39 is 35.1 Å². The number of morpholine rings is 1. The van der Waals surface area contributed by atoms with E-state index >= 15 is 0 Å². The van der Waals surface area contributed by atoms with Gasteiger partial charge in [-0.25, -0.2) is 13.2 Å². The average Bonchev–Trinajstić information content (AvgIpc) is 2.80. The molecule has 1 aliphatic rings. The summed E-state index contributed by atoms with van der Waals surface area (Å²) in [6.07, 6.45) is 0. The number of ether oxygens (including phenoxy) is 3. The maximum absolute atomic E-state index is 12.6. The molecule has 3 rings (SSSR count). The van der Waals surface area contributed by atoms with Crippen LogP contribution in [0, 0.1) is 0 Å². The van der Waals surface area contributed by atoms with Gasteiger partial charge in [0.1, 0.15) is 5.75 Å². The minimum absolute atomic E-state index is 0.104. The first kappa shape index (κ1) is 25.5. The zero-order valence-corrected chi connectivity index (χ0v) is 20.1. The molecule has 9 nitrogen and oxygen atoms in total. The lowest BCUT2D eigenvalue weighted by Crippen LogP contribution is -2.40. The highest BCUT2D eigenvalue weighted by atomic mass is 35.5. The lowest BCUT2D eigenvalue weighted by molar-refractivity contribution is -0.149. The second-order valence-electron chi connectivity index (χ2n) is 6.74. The fraction of sp³-hybridized carbons (Fsp3) is 0.300. The minimum atomic E-state index is -3.63. The third-order valence-corrected chi connectivity index (χ3v) is 7.36. The quantitative estimate of drug-likeness (QED) is 0.406. The van der Waals surface area contributed by atoms with Gasteiger partial charge in [0.2, 0.25) is 10.0 Å². The maximum atomic E-state index is 12.6. The summed E-state index contributed by atoms with van der Waals surface area (Å²) in [5.41, 5.74) is 0.343. The standard InChI is InChI=1S/C20H19Cl3N2O7S/c21-15-9-17(23)18(10-16(15)22)31-12-20(27)32-11-19(26)24-13-1-3-14(4-2-13)33(28,29)25-5-7-30-8-6-25/h1-4,9-10H,5-8,11-12H2,(H,24,26). The van der Waals surface area contributed by atoms with Crippen LogP contribution in [-0.4, -0.2) is 64.1 Å². The van der Waals surface area contributed by atoms with Crippen LogP contribution in [0.1, 0.15) is 0 Å². The molecule has 0 aromatic heterocycles. The van der Waals surface area contributed by atoms with Gasteiger partial charge in [0, 0.05) is 24.8 Å². The van der Waals surface area contributed by atoms with Crippen molar-refractivity contribution in [3.05, 3.63) is 51.5 Å². The van der Waals surface area contributed by atoms with Crippen molar-refractivity contribution in [1.29, 1.82) is 0 Å². The molecule has 0 saturated carbocycles. The van der Waals surface area contributed by atoms with Crippen LogP contribution in [-0.2, 0) is 29.1 Å². The van der Waals surface area contributed by atoms with Crippen LogP contribution in [0.2, 0.25) is 15.1 Å². The lowest BCUT2D eigenvalue weighted by atomic mass is 10.3. The average molecular weight is 538 g/mol. The molecule has 13 heteroatoms. The third-order valence-electron chi connectivity index (χ3n) is 4.43. The first-order valence-corrected chi connectivity index (χ1v) is 12.1.